The van der Waals surface area contributed by atoms with E-state index in [0.717, 1.165) is 39.3 Å². The summed E-state index contributed by atoms with van der Waals surface area (Å²) in [6, 6.07) is 8.20. The van der Waals surface area contributed by atoms with Crippen molar-refractivity contribution in [1.29, 1.82) is 0 Å². The van der Waals surface area contributed by atoms with Gasteiger partial charge >= 0.3 is 0 Å². The normalized spacial score (nSPS) is 11.1. The van der Waals surface area contributed by atoms with E-state index in [1.54, 1.807) is 0 Å². The zero-order valence-electron chi connectivity index (χ0n) is 13.5. The molecule has 0 spiro atoms. The van der Waals surface area contributed by atoms with E-state index in [0.29, 0.717) is 12.4 Å². The summed E-state index contributed by atoms with van der Waals surface area (Å²) in [6.45, 7) is 8.81. The quantitative estimate of drug-likeness (QED) is 0.797. The molecule has 0 atom stereocenters. The molecule has 0 aliphatic rings. The number of aromatic nitrogens is 2. The fraction of sp³-hybridized carbons (Fsp3) is 0.278. The second kappa shape index (κ2) is 5.37. The molecule has 0 unspecified atom stereocenters. The third kappa shape index (κ3) is 2.30. The molecule has 1 aromatic carbocycles. The van der Waals surface area contributed by atoms with Gasteiger partial charge in [-0.05, 0) is 62.6 Å². The minimum Gasteiger partial charge on any atom is -0.494 e. The highest BCUT2D eigenvalue weighted by Gasteiger charge is 2.15. The van der Waals surface area contributed by atoms with Crippen LogP contribution in [0.5, 0.6) is 5.75 Å². The van der Waals surface area contributed by atoms with E-state index in [9.17, 15) is 0 Å². The van der Waals surface area contributed by atoms with Crippen molar-refractivity contribution in [3.05, 3.63) is 47.2 Å². The molecule has 0 aliphatic heterocycles. The van der Waals surface area contributed by atoms with E-state index in [2.05, 4.69) is 19.1 Å². The Morgan fingerprint density at radius 3 is 2.64 bits per heavy atom. The molecule has 4 heteroatoms. The van der Waals surface area contributed by atoms with Gasteiger partial charge in [0.1, 0.15) is 22.9 Å². The van der Waals surface area contributed by atoms with E-state index in [-0.39, 0.29) is 0 Å². The van der Waals surface area contributed by atoms with Crippen molar-refractivity contribution in [3.63, 3.8) is 0 Å². The molecule has 2 heterocycles. The minimum atomic E-state index is 0.662. The van der Waals surface area contributed by atoms with Crippen LogP contribution in [-0.2, 0) is 0 Å². The molecule has 0 amide bonds. The monoisotopic (exact) mass is 295 g/mol. The van der Waals surface area contributed by atoms with Crippen molar-refractivity contribution in [3.8, 4) is 17.0 Å². The first-order valence-corrected chi connectivity index (χ1v) is 7.50. The molecule has 0 radical (unpaired) electrons. The Kier molecular flexibility index (Phi) is 3.53. The Bertz CT molecular complexity index is 849. The van der Waals surface area contributed by atoms with Crippen molar-refractivity contribution < 1.29 is 4.74 Å². The lowest BCUT2D eigenvalue weighted by atomic mass is 10.0. The average Bonchev–Trinajstić information content (AvgIpc) is 2.80. The standard InChI is InChI=1S/C18H21N3O/c1-5-22-15-9-12(3)14(8-13(15)4)17-18(19)21-10-11(2)6-7-16(21)20-17/h6-10H,5,19H2,1-4H3. The lowest BCUT2D eigenvalue weighted by molar-refractivity contribution is 0.337. The van der Waals surface area contributed by atoms with Gasteiger partial charge < -0.3 is 10.5 Å². The van der Waals surface area contributed by atoms with Crippen molar-refractivity contribution in [2.24, 2.45) is 0 Å². The lowest BCUT2D eigenvalue weighted by Gasteiger charge is -2.11. The average molecular weight is 295 g/mol. The van der Waals surface area contributed by atoms with Gasteiger partial charge in [0.15, 0.2) is 0 Å². The molecule has 114 valence electrons. The van der Waals surface area contributed by atoms with Crippen molar-refractivity contribution in [2.45, 2.75) is 27.7 Å². The highest BCUT2D eigenvalue weighted by molar-refractivity contribution is 5.78. The number of nitrogens with zero attached hydrogens (tertiary/aromatic N) is 2. The number of imidazole rings is 1. The zero-order chi connectivity index (χ0) is 15.9. The van der Waals surface area contributed by atoms with Crippen LogP contribution in [0, 0.1) is 20.8 Å². The summed E-state index contributed by atoms with van der Waals surface area (Å²) >= 11 is 0. The second-order valence-electron chi connectivity index (χ2n) is 5.65. The zero-order valence-corrected chi connectivity index (χ0v) is 13.5. The van der Waals surface area contributed by atoms with Gasteiger partial charge in [-0.2, -0.15) is 0 Å². The summed E-state index contributed by atoms with van der Waals surface area (Å²) < 4.78 is 7.60. The Morgan fingerprint density at radius 1 is 1.14 bits per heavy atom. The van der Waals surface area contributed by atoms with Crippen LogP contribution in [-0.4, -0.2) is 16.0 Å². The number of fused-ring (bicyclic) bond motifs is 1. The van der Waals surface area contributed by atoms with Gasteiger partial charge in [0.2, 0.25) is 0 Å². The number of hydrogen-bond acceptors (Lipinski definition) is 3. The Hall–Kier alpha value is -2.49. The van der Waals surface area contributed by atoms with E-state index in [1.807, 2.05) is 43.5 Å². The predicted molar refractivity (Wildman–Crippen MR) is 90.4 cm³/mol. The maximum atomic E-state index is 6.32. The van der Waals surface area contributed by atoms with Gasteiger partial charge in [-0.15, -0.1) is 0 Å². The van der Waals surface area contributed by atoms with E-state index in [4.69, 9.17) is 15.5 Å². The summed E-state index contributed by atoms with van der Waals surface area (Å²) in [6.07, 6.45) is 2.01. The highest BCUT2D eigenvalue weighted by atomic mass is 16.5. The van der Waals surface area contributed by atoms with Gasteiger partial charge in [0.05, 0.1) is 6.61 Å². The number of nitrogens with two attached hydrogens (primary N) is 1. The summed E-state index contributed by atoms with van der Waals surface area (Å²) in [5.74, 6) is 1.59. The molecule has 3 aromatic rings. The number of pyridine rings is 1. The van der Waals surface area contributed by atoms with E-state index < -0.39 is 0 Å². The largest absolute Gasteiger partial charge is 0.494 e. The summed E-state index contributed by atoms with van der Waals surface area (Å²) in [5, 5.41) is 0. The molecule has 2 aromatic heterocycles. The highest BCUT2D eigenvalue weighted by Crippen LogP contribution is 2.33. The van der Waals surface area contributed by atoms with Gasteiger partial charge in [0.25, 0.3) is 0 Å². The van der Waals surface area contributed by atoms with Crippen LogP contribution in [0.25, 0.3) is 16.9 Å². The number of anilines is 1. The number of aryl methyl sites for hydroxylation is 3. The van der Waals surface area contributed by atoms with Crippen LogP contribution in [0.2, 0.25) is 0 Å². The third-order valence-electron chi connectivity index (χ3n) is 3.88. The van der Waals surface area contributed by atoms with Crippen LogP contribution in [0.3, 0.4) is 0 Å². The van der Waals surface area contributed by atoms with Crippen molar-refractivity contribution >= 4 is 11.5 Å². The first kappa shape index (κ1) is 14.4. The van der Waals surface area contributed by atoms with Gasteiger partial charge in [-0.1, -0.05) is 6.07 Å². The van der Waals surface area contributed by atoms with Gasteiger partial charge in [-0.25, -0.2) is 4.98 Å². The number of nitrogen functional groups attached to an aromatic ring is 1. The molecular formula is C18H21N3O. The van der Waals surface area contributed by atoms with Crippen LogP contribution in [0.4, 0.5) is 5.82 Å². The maximum absolute atomic E-state index is 6.32. The first-order chi connectivity index (χ1) is 10.5. The van der Waals surface area contributed by atoms with E-state index in [1.165, 1.54) is 0 Å². The molecule has 0 fully saturated rings. The molecule has 3 rings (SSSR count). The molecule has 0 bridgehead atoms. The Balaban J connectivity index is 2.19. The Labute approximate surface area is 130 Å². The third-order valence-corrected chi connectivity index (χ3v) is 3.88. The maximum Gasteiger partial charge on any atom is 0.139 e. The predicted octanol–water partition coefficient (Wildman–Crippen LogP) is 3.91. The van der Waals surface area contributed by atoms with Crippen molar-refractivity contribution in [1.82, 2.24) is 9.38 Å². The molecule has 0 saturated heterocycles. The number of hydrogen-bond donors (Lipinski definition) is 1. The first-order valence-electron chi connectivity index (χ1n) is 7.50. The number of rotatable bonds is 3. The molecular weight excluding hydrogens is 274 g/mol. The fourth-order valence-electron chi connectivity index (χ4n) is 2.72. The Morgan fingerprint density at radius 2 is 1.91 bits per heavy atom. The SMILES string of the molecule is CCOc1cc(C)c(-c2nc3ccc(C)cn3c2N)cc1C. The van der Waals surface area contributed by atoms with E-state index >= 15 is 0 Å². The number of benzene rings is 1. The molecule has 22 heavy (non-hydrogen) atoms. The number of ether oxygens (including phenoxy) is 1. The van der Waals surface area contributed by atoms with Crippen LogP contribution >= 0.6 is 0 Å². The summed E-state index contributed by atoms with van der Waals surface area (Å²) in [4.78, 5) is 4.70. The minimum absolute atomic E-state index is 0.662. The second-order valence-corrected chi connectivity index (χ2v) is 5.65. The lowest BCUT2D eigenvalue weighted by Crippen LogP contribution is -1.98. The van der Waals surface area contributed by atoms with Gasteiger partial charge in [0, 0.05) is 11.8 Å². The van der Waals surface area contributed by atoms with Crippen molar-refractivity contribution in [2.75, 3.05) is 12.3 Å². The van der Waals surface area contributed by atoms with Crippen LogP contribution in [0.15, 0.2) is 30.5 Å². The fourth-order valence-corrected chi connectivity index (χ4v) is 2.72. The molecule has 4 nitrogen and oxygen atoms in total. The van der Waals surface area contributed by atoms with Crippen LogP contribution < -0.4 is 10.5 Å². The summed E-state index contributed by atoms with van der Waals surface area (Å²) in [7, 11) is 0. The molecule has 0 aliphatic carbocycles. The van der Waals surface area contributed by atoms with Crippen LogP contribution in [0.1, 0.15) is 23.6 Å². The smallest absolute Gasteiger partial charge is 0.139 e. The molecule has 2 N–H and O–H groups in total. The summed E-state index contributed by atoms with van der Waals surface area (Å²) in [5.41, 5.74) is 12.4. The topological polar surface area (TPSA) is 52.5 Å². The van der Waals surface area contributed by atoms with Gasteiger partial charge in [-0.3, -0.25) is 4.40 Å². The molecule has 0 saturated carbocycles.